The largest absolute Gasteiger partial charge is 0.353 e. The van der Waals surface area contributed by atoms with Crippen LogP contribution in [0.1, 0.15) is 40.0 Å². The Kier molecular flexibility index (Phi) is 10.3. The van der Waals surface area contributed by atoms with Crippen molar-refractivity contribution in [2.24, 2.45) is 5.92 Å². The van der Waals surface area contributed by atoms with Crippen molar-refractivity contribution in [3.63, 3.8) is 0 Å². The summed E-state index contributed by atoms with van der Waals surface area (Å²) in [5, 5.41) is 0. The van der Waals surface area contributed by atoms with Crippen LogP contribution < -0.4 is 0 Å². The van der Waals surface area contributed by atoms with Gasteiger partial charge in [-0.05, 0) is 26.2 Å². The van der Waals surface area contributed by atoms with Crippen LogP contribution in [0.2, 0.25) is 25.7 Å². The molecule has 19 heavy (non-hydrogen) atoms. The molecule has 0 saturated heterocycles. The van der Waals surface area contributed by atoms with Gasteiger partial charge < -0.3 is 9.47 Å². The van der Waals surface area contributed by atoms with E-state index in [1.165, 1.54) is 0 Å². The standard InChI is InChI=1S/C16H32O2Si/c1-7-17-16(18-8-2)14-15(3)12-10-9-11-13-19(4,5)6/h15-16H,7-8,10,12-14H2,1-6H3/t15-/m1/s1. The maximum Gasteiger partial charge on any atom is 0.157 e. The van der Waals surface area contributed by atoms with E-state index in [1.807, 2.05) is 13.8 Å². The van der Waals surface area contributed by atoms with Crippen LogP contribution in [0.25, 0.3) is 0 Å². The van der Waals surface area contributed by atoms with E-state index in [9.17, 15) is 0 Å². The van der Waals surface area contributed by atoms with Crippen molar-refractivity contribution in [1.82, 2.24) is 0 Å². The molecule has 1 atom stereocenters. The summed E-state index contributed by atoms with van der Waals surface area (Å²) in [7, 11) is -0.996. The second-order valence-electron chi connectivity index (χ2n) is 6.31. The van der Waals surface area contributed by atoms with Crippen molar-refractivity contribution in [2.45, 2.75) is 72.0 Å². The first-order valence-electron chi connectivity index (χ1n) is 7.58. The average Bonchev–Trinajstić information content (AvgIpc) is 2.27. The van der Waals surface area contributed by atoms with Gasteiger partial charge in [0.15, 0.2) is 6.29 Å². The van der Waals surface area contributed by atoms with Crippen LogP contribution in [0.3, 0.4) is 0 Å². The molecule has 0 aromatic rings. The highest BCUT2D eigenvalue weighted by atomic mass is 28.3. The lowest BCUT2D eigenvalue weighted by Crippen LogP contribution is -2.20. The molecule has 0 rings (SSSR count). The second-order valence-corrected chi connectivity index (χ2v) is 11.8. The minimum atomic E-state index is -0.996. The molecule has 2 nitrogen and oxygen atoms in total. The number of ether oxygens (including phenoxy) is 2. The van der Waals surface area contributed by atoms with Gasteiger partial charge in [-0.3, -0.25) is 0 Å². The highest BCUT2D eigenvalue weighted by molar-refractivity contribution is 6.76. The summed E-state index contributed by atoms with van der Waals surface area (Å²) in [5.41, 5.74) is 0. The summed E-state index contributed by atoms with van der Waals surface area (Å²) in [4.78, 5) is 0. The van der Waals surface area contributed by atoms with Crippen LogP contribution >= 0.6 is 0 Å². The summed E-state index contributed by atoms with van der Waals surface area (Å²) < 4.78 is 11.1. The zero-order valence-corrected chi connectivity index (χ0v) is 14.7. The second kappa shape index (κ2) is 10.5. The fraction of sp³-hybridized carbons (Fsp3) is 0.875. The Bertz CT molecular complexity index is 267. The molecule has 0 aliphatic rings. The molecule has 0 amide bonds. The summed E-state index contributed by atoms with van der Waals surface area (Å²) >= 11 is 0. The minimum Gasteiger partial charge on any atom is -0.353 e. The lowest BCUT2D eigenvalue weighted by Gasteiger charge is -2.20. The van der Waals surface area contributed by atoms with E-state index in [1.54, 1.807) is 0 Å². The van der Waals surface area contributed by atoms with Crippen molar-refractivity contribution < 1.29 is 9.47 Å². The fourth-order valence-corrected chi connectivity index (χ4v) is 2.39. The van der Waals surface area contributed by atoms with Crippen molar-refractivity contribution >= 4 is 8.07 Å². The van der Waals surface area contributed by atoms with E-state index in [-0.39, 0.29) is 6.29 Å². The van der Waals surface area contributed by atoms with E-state index in [2.05, 4.69) is 38.4 Å². The predicted octanol–water partition coefficient (Wildman–Crippen LogP) is 4.53. The predicted molar refractivity (Wildman–Crippen MR) is 86.0 cm³/mol. The van der Waals surface area contributed by atoms with Crippen molar-refractivity contribution in [3.8, 4) is 11.8 Å². The lowest BCUT2D eigenvalue weighted by molar-refractivity contribution is -0.145. The third-order valence-electron chi connectivity index (χ3n) is 2.81. The first-order chi connectivity index (χ1) is 8.89. The zero-order chi connectivity index (χ0) is 14.7. The third-order valence-corrected chi connectivity index (χ3v) is 4.04. The highest BCUT2D eigenvalue weighted by Crippen LogP contribution is 2.15. The molecule has 0 unspecified atom stereocenters. The van der Waals surface area contributed by atoms with Crippen LogP contribution in [-0.2, 0) is 9.47 Å². The van der Waals surface area contributed by atoms with Gasteiger partial charge in [0.1, 0.15) is 0 Å². The van der Waals surface area contributed by atoms with Crippen molar-refractivity contribution in [3.05, 3.63) is 0 Å². The van der Waals surface area contributed by atoms with Gasteiger partial charge in [0.05, 0.1) is 8.07 Å². The smallest absolute Gasteiger partial charge is 0.157 e. The molecule has 0 fully saturated rings. The van der Waals surface area contributed by atoms with Crippen LogP contribution in [0.5, 0.6) is 0 Å². The Labute approximate surface area is 121 Å². The van der Waals surface area contributed by atoms with Gasteiger partial charge in [0, 0.05) is 32.1 Å². The van der Waals surface area contributed by atoms with Gasteiger partial charge in [0.25, 0.3) is 0 Å². The number of hydrogen-bond acceptors (Lipinski definition) is 2. The van der Waals surface area contributed by atoms with Gasteiger partial charge >= 0.3 is 0 Å². The zero-order valence-electron chi connectivity index (χ0n) is 13.7. The highest BCUT2D eigenvalue weighted by Gasteiger charge is 2.13. The normalized spacial score (nSPS) is 13.2. The Morgan fingerprint density at radius 2 is 1.58 bits per heavy atom. The fourth-order valence-electron chi connectivity index (χ4n) is 1.74. The molecule has 0 saturated carbocycles. The quantitative estimate of drug-likeness (QED) is 0.352. The molecule has 0 aromatic carbocycles. The van der Waals surface area contributed by atoms with Gasteiger partial charge in [0.2, 0.25) is 0 Å². The SMILES string of the molecule is CCOC(C[C@H](C)CCC#CC[Si](C)(C)C)OCC. The number of hydrogen-bond donors (Lipinski definition) is 0. The minimum absolute atomic E-state index is 0.0417. The molecule has 112 valence electrons. The Morgan fingerprint density at radius 1 is 1.00 bits per heavy atom. The summed E-state index contributed by atoms with van der Waals surface area (Å²) in [5.74, 6) is 7.25. The molecule has 0 bridgehead atoms. The molecule has 3 heteroatoms. The van der Waals surface area contributed by atoms with Gasteiger partial charge in [-0.15, -0.1) is 11.8 Å². The maximum atomic E-state index is 5.57. The van der Waals surface area contributed by atoms with E-state index >= 15 is 0 Å². The molecule has 0 aliphatic carbocycles. The van der Waals surface area contributed by atoms with Crippen molar-refractivity contribution in [1.29, 1.82) is 0 Å². The molecular formula is C16H32O2Si. The Balaban J connectivity index is 3.87. The monoisotopic (exact) mass is 284 g/mol. The summed E-state index contributed by atoms with van der Waals surface area (Å²) in [6.45, 7) is 14.8. The van der Waals surface area contributed by atoms with E-state index in [0.29, 0.717) is 19.1 Å². The molecule has 0 aromatic heterocycles. The van der Waals surface area contributed by atoms with E-state index < -0.39 is 8.07 Å². The Hall–Kier alpha value is -0.303. The summed E-state index contributed by atoms with van der Waals surface area (Å²) in [6.07, 6.45) is 3.06. The van der Waals surface area contributed by atoms with Crippen LogP contribution in [0.4, 0.5) is 0 Å². The first kappa shape index (κ1) is 18.7. The molecule has 0 aliphatic heterocycles. The molecule has 0 radical (unpaired) electrons. The molecule has 0 N–H and O–H groups in total. The van der Waals surface area contributed by atoms with Crippen LogP contribution in [0, 0.1) is 17.8 Å². The van der Waals surface area contributed by atoms with Crippen LogP contribution in [-0.4, -0.2) is 27.6 Å². The maximum absolute atomic E-state index is 5.57. The molecular weight excluding hydrogens is 252 g/mol. The third kappa shape index (κ3) is 12.5. The van der Waals surface area contributed by atoms with Gasteiger partial charge in [-0.25, -0.2) is 0 Å². The summed E-state index contributed by atoms with van der Waals surface area (Å²) in [6, 6.07) is 1.11. The molecule has 0 spiro atoms. The topological polar surface area (TPSA) is 18.5 Å². The number of rotatable bonds is 9. The molecule has 0 heterocycles. The van der Waals surface area contributed by atoms with E-state index in [0.717, 1.165) is 25.3 Å². The van der Waals surface area contributed by atoms with E-state index in [4.69, 9.17) is 9.47 Å². The van der Waals surface area contributed by atoms with Crippen molar-refractivity contribution in [2.75, 3.05) is 13.2 Å². The van der Waals surface area contributed by atoms with Gasteiger partial charge in [-0.1, -0.05) is 26.6 Å². The average molecular weight is 285 g/mol. The Morgan fingerprint density at radius 3 is 2.05 bits per heavy atom. The van der Waals surface area contributed by atoms with Gasteiger partial charge in [-0.2, -0.15) is 0 Å². The van der Waals surface area contributed by atoms with Crippen LogP contribution in [0.15, 0.2) is 0 Å². The first-order valence-corrected chi connectivity index (χ1v) is 11.3. The lowest BCUT2D eigenvalue weighted by atomic mass is 10.0.